The molecule has 1 rings (SSSR count). The lowest BCUT2D eigenvalue weighted by Gasteiger charge is -2.23. The Morgan fingerprint density at radius 3 is 1.76 bits per heavy atom. The number of nitrogens with zero attached hydrogens (tertiary/aromatic N) is 2. The third-order valence-electron chi connectivity index (χ3n) is 3.88. The maximum Gasteiger partial charge on any atom is 0.332 e. The standard InChI is InChI=1S/C17H26N2O4S2/c1-11(2)6-14(9-24-22)18-13(5)8-16(20)19(17(18)21)15(10-25-23)7-12(3)4/h8-12,14-15H,6-7H2,1-5H3. The zero-order valence-corrected chi connectivity index (χ0v) is 16.9. The van der Waals surface area contributed by atoms with Gasteiger partial charge in [0.2, 0.25) is 0 Å². The number of aryl methyl sites for hydroxylation is 1. The summed E-state index contributed by atoms with van der Waals surface area (Å²) in [5, 5.41) is 2.86. The lowest BCUT2D eigenvalue weighted by Crippen LogP contribution is -2.45. The fourth-order valence-electron chi connectivity index (χ4n) is 2.93. The molecule has 0 saturated heterocycles. The first-order chi connectivity index (χ1) is 11.7. The summed E-state index contributed by atoms with van der Waals surface area (Å²) in [6, 6.07) is 0.421. The summed E-state index contributed by atoms with van der Waals surface area (Å²) in [4.78, 5) is 25.5. The summed E-state index contributed by atoms with van der Waals surface area (Å²) >= 11 is 0.578. The van der Waals surface area contributed by atoms with Crippen LogP contribution in [0, 0.1) is 18.8 Å². The van der Waals surface area contributed by atoms with Crippen molar-refractivity contribution in [3.8, 4) is 0 Å². The summed E-state index contributed by atoms with van der Waals surface area (Å²) in [7, 11) is 0. The van der Waals surface area contributed by atoms with Gasteiger partial charge in [0.1, 0.15) is 0 Å². The van der Waals surface area contributed by atoms with Gasteiger partial charge in [0.25, 0.3) is 5.56 Å². The molecule has 25 heavy (non-hydrogen) atoms. The van der Waals surface area contributed by atoms with E-state index in [9.17, 15) is 18.0 Å². The minimum atomic E-state index is -0.575. The van der Waals surface area contributed by atoms with Crippen molar-refractivity contribution >= 4 is 33.2 Å². The quantitative estimate of drug-likeness (QED) is 0.635. The van der Waals surface area contributed by atoms with Crippen molar-refractivity contribution in [1.82, 2.24) is 9.13 Å². The number of aromatic nitrogens is 2. The highest BCUT2D eigenvalue weighted by molar-refractivity contribution is 7.65. The zero-order chi connectivity index (χ0) is 19.1. The second-order valence-corrected chi connectivity index (χ2v) is 7.93. The normalized spacial score (nSPS) is 13.6. The van der Waals surface area contributed by atoms with Crippen LogP contribution in [0.25, 0.3) is 0 Å². The topological polar surface area (TPSA) is 78.1 Å². The van der Waals surface area contributed by atoms with Gasteiger partial charge in [-0.05, 0) is 31.6 Å². The van der Waals surface area contributed by atoms with Gasteiger partial charge < -0.3 is 0 Å². The molecule has 1 aromatic heterocycles. The first-order valence-electron chi connectivity index (χ1n) is 8.31. The third kappa shape index (κ3) is 5.74. The van der Waals surface area contributed by atoms with E-state index in [0.717, 1.165) is 4.57 Å². The highest BCUT2D eigenvalue weighted by Crippen LogP contribution is 2.17. The van der Waals surface area contributed by atoms with E-state index >= 15 is 0 Å². The lowest BCUT2D eigenvalue weighted by atomic mass is 10.0. The van der Waals surface area contributed by atoms with Crippen LogP contribution in [-0.2, 0) is 22.5 Å². The van der Waals surface area contributed by atoms with Gasteiger partial charge in [0, 0.05) is 22.5 Å². The predicted molar refractivity (Wildman–Crippen MR) is 105 cm³/mol. The number of hydrogen-bond donors (Lipinski definition) is 0. The Kier molecular flexibility index (Phi) is 8.44. The number of rotatable bonds is 8. The molecule has 0 aliphatic carbocycles. The first kappa shape index (κ1) is 21.5. The van der Waals surface area contributed by atoms with Gasteiger partial charge >= 0.3 is 5.69 Å². The molecule has 2 unspecified atom stereocenters. The minimum Gasteiger partial charge on any atom is -0.290 e. The minimum absolute atomic E-state index is 0.213. The van der Waals surface area contributed by atoms with Crippen LogP contribution in [0.15, 0.2) is 15.7 Å². The molecular weight excluding hydrogens is 360 g/mol. The summed E-state index contributed by atoms with van der Waals surface area (Å²) < 4.78 is 24.7. The second-order valence-electron chi connectivity index (χ2n) is 7.00. The van der Waals surface area contributed by atoms with E-state index in [1.807, 2.05) is 27.7 Å². The zero-order valence-electron chi connectivity index (χ0n) is 15.3. The van der Waals surface area contributed by atoms with Crippen molar-refractivity contribution in [2.75, 3.05) is 0 Å². The van der Waals surface area contributed by atoms with Crippen molar-refractivity contribution in [3.05, 3.63) is 32.6 Å². The van der Waals surface area contributed by atoms with Crippen molar-refractivity contribution < 1.29 is 8.42 Å². The SMILES string of the molecule is Cc1cc(=O)n(C(C=S=O)CC(C)C)c(=O)n1C(C=S=O)CC(C)C. The molecule has 0 radical (unpaired) electrons. The summed E-state index contributed by atoms with van der Waals surface area (Å²) in [6.07, 6.45) is 1.13. The van der Waals surface area contributed by atoms with Crippen molar-refractivity contribution in [1.29, 1.82) is 0 Å². The van der Waals surface area contributed by atoms with E-state index in [1.54, 1.807) is 6.92 Å². The Hall–Kier alpha value is -1.54. The van der Waals surface area contributed by atoms with Crippen LogP contribution in [-0.4, -0.2) is 28.3 Å². The molecule has 140 valence electrons. The van der Waals surface area contributed by atoms with Gasteiger partial charge in [0.05, 0.1) is 34.6 Å². The van der Waals surface area contributed by atoms with E-state index in [2.05, 4.69) is 0 Å². The highest BCUT2D eigenvalue weighted by Gasteiger charge is 2.21. The summed E-state index contributed by atoms with van der Waals surface area (Å²) in [6.45, 7) is 9.65. The van der Waals surface area contributed by atoms with Crippen LogP contribution in [0.2, 0.25) is 0 Å². The molecule has 6 nitrogen and oxygen atoms in total. The van der Waals surface area contributed by atoms with Crippen LogP contribution in [0.4, 0.5) is 0 Å². The van der Waals surface area contributed by atoms with Crippen LogP contribution in [0.3, 0.4) is 0 Å². The maximum atomic E-state index is 13.1. The fourth-order valence-corrected chi connectivity index (χ4v) is 3.65. The van der Waals surface area contributed by atoms with Crippen molar-refractivity contribution in [2.24, 2.45) is 11.8 Å². The molecule has 0 saturated carbocycles. The average molecular weight is 387 g/mol. The van der Waals surface area contributed by atoms with Crippen molar-refractivity contribution in [3.63, 3.8) is 0 Å². The first-order valence-corrected chi connectivity index (χ1v) is 9.92. The largest absolute Gasteiger partial charge is 0.332 e. The Morgan fingerprint density at radius 1 is 0.920 bits per heavy atom. The van der Waals surface area contributed by atoms with E-state index in [4.69, 9.17) is 0 Å². The molecule has 0 bridgehead atoms. The maximum absolute atomic E-state index is 13.1. The summed E-state index contributed by atoms with van der Waals surface area (Å²) in [5.74, 6) is 0.486. The van der Waals surface area contributed by atoms with Gasteiger partial charge in [-0.2, -0.15) is 0 Å². The van der Waals surface area contributed by atoms with Gasteiger partial charge in [-0.3, -0.25) is 13.9 Å². The van der Waals surface area contributed by atoms with Crippen LogP contribution >= 0.6 is 0 Å². The van der Waals surface area contributed by atoms with Crippen molar-refractivity contribution in [2.45, 2.75) is 59.5 Å². The smallest absolute Gasteiger partial charge is 0.290 e. The molecule has 0 N–H and O–H groups in total. The Bertz CT molecular complexity index is 813. The van der Waals surface area contributed by atoms with E-state index < -0.39 is 23.3 Å². The fraction of sp³-hybridized carbons (Fsp3) is 0.647. The van der Waals surface area contributed by atoms with Gasteiger partial charge in [0.15, 0.2) is 0 Å². The van der Waals surface area contributed by atoms with E-state index in [-0.39, 0.29) is 23.1 Å². The molecule has 0 spiro atoms. The molecule has 2 atom stereocenters. The van der Waals surface area contributed by atoms with Crippen LogP contribution < -0.4 is 11.2 Å². The summed E-state index contributed by atoms with van der Waals surface area (Å²) in [5.41, 5.74) is -0.384. The van der Waals surface area contributed by atoms with Crippen LogP contribution in [0.1, 0.15) is 58.3 Å². The number of hydrogen-bond acceptors (Lipinski definition) is 4. The molecule has 0 aliphatic rings. The molecule has 0 aliphatic heterocycles. The molecule has 0 fully saturated rings. The van der Waals surface area contributed by atoms with Gasteiger partial charge in [-0.25, -0.2) is 13.2 Å². The average Bonchev–Trinajstić information content (AvgIpc) is 2.45. The molecule has 8 heteroatoms. The van der Waals surface area contributed by atoms with Gasteiger partial charge in [-0.1, -0.05) is 27.7 Å². The van der Waals surface area contributed by atoms with E-state index in [0.29, 0.717) is 29.8 Å². The monoisotopic (exact) mass is 386 g/mol. The second kappa shape index (κ2) is 9.82. The highest BCUT2D eigenvalue weighted by atomic mass is 32.1. The van der Waals surface area contributed by atoms with E-state index in [1.165, 1.54) is 21.4 Å². The molecule has 1 heterocycles. The molecule has 0 aromatic carbocycles. The molecule has 1 aromatic rings. The Balaban J connectivity index is 3.67. The van der Waals surface area contributed by atoms with Gasteiger partial charge in [-0.15, -0.1) is 0 Å². The third-order valence-corrected chi connectivity index (χ3v) is 4.73. The Morgan fingerprint density at radius 2 is 1.36 bits per heavy atom. The molecule has 0 amide bonds. The lowest BCUT2D eigenvalue weighted by molar-refractivity contribution is 0.420. The molecular formula is C17H26N2O4S2. The Labute approximate surface area is 155 Å². The van der Waals surface area contributed by atoms with Crippen LogP contribution in [0.5, 0.6) is 0 Å². The predicted octanol–water partition coefficient (Wildman–Crippen LogP) is 1.52.